The van der Waals surface area contributed by atoms with Gasteiger partial charge in [-0.25, -0.2) is 19.6 Å². The number of amides is 12. The number of carbonyl (C=O) groups is 11. The zero-order chi connectivity index (χ0) is 72.0. The molecule has 2 bridgehead atoms. The number of aromatic nitrogens is 2. The minimum atomic E-state index is -1.11. The van der Waals surface area contributed by atoms with Gasteiger partial charge in [-0.2, -0.15) is 0 Å². The van der Waals surface area contributed by atoms with Crippen molar-refractivity contribution in [1.29, 1.82) is 0 Å². The molecule has 1 saturated carbocycles. The SMILES string of the molecule is CC[C@H](C)[C@@H]([C@@H](CC(=O)N1CCC[C@H]1[C@H](OC)[C@@H](C)C(=O)N[C@@H](Cc1ccccc1)c1ncccn1)OC)N(C)C(=O)[C@@H](NC(=O)[C@@H]1[C@H]2CC[C@H](C2)N1C(=O)OCc1ccc(NC(=O)[C@H](CCCNC(N)=O)NC(=O)[C@@H](NC(=O)CCCCCN2C(=O)C=CC2=O)C(C)C)cc1)C(C)C. The van der Waals surface area contributed by atoms with Gasteiger partial charge in [-0.3, -0.25) is 53.0 Å². The molecule has 2 saturated heterocycles. The molecule has 13 atom stereocenters. The van der Waals surface area contributed by atoms with Crippen LogP contribution in [0.1, 0.15) is 155 Å². The fourth-order valence-corrected chi connectivity index (χ4v) is 14.1. The maximum atomic E-state index is 15.0. The van der Waals surface area contributed by atoms with E-state index in [2.05, 4.69) is 41.9 Å². The number of ether oxygens (including phenoxy) is 3. The lowest BCUT2D eigenvalue weighted by molar-refractivity contribution is -0.148. The van der Waals surface area contributed by atoms with Gasteiger partial charge in [0.2, 0.25) is 41.4 Å². The van der Waals surface area contributed by atoms with Gasteiger partial charge in [0.1, 0.15) is 30.8 Å². The van der Waals surface area contributed by atoms with Crippen LogP contribution in [0.2, 0.25) is 0 Å². The number of anilines is 1. The number of hydrogen-bond acceptors (Lipinski definition) is 16. The average molecular weight is 1370 g/mol. The summed E-state index contributed by atoms with van der Waals surface area (Å²) in [4.78, 5) is 163. The second-order valence-corrected chi connectivity index (χ2v) is 27.3. The van der Waals surface area contributed by atoms with Crippen LogP contribution >= 0.6 is 0 Å². The molecule has 7 rings (SSSR count). The summed E-state index contributed by atoms with van der Waals surface area (Å²) in [5, 5.41) is 17.1. The molecular formula is C72H103N13O14. The van der Waals surface area contributed by atoms with E-state index in [1.54, 1.807) is 87.5 Å². The maximum absolute atomic E-state index is 15.0. The monoisotopic (exact) mass is 1370 g/mol. The second kappa shape index (κ2) is 37.4. The molecule has 540 valence electrons. The highest BCUT2D eigenvalue weighted by Gasteiger charge is 2.53. The number of benzene rings is 2. The van der Waals surface area contributed by atoms with Crippen molar-refractivity contribution in [3.8, 4) is 0 Å². The lowest BCUT2D eigenvalue weighted by atomic mass is 9.89. The number of urea groups is 1. The zero-order valence-electron chi connectivity index (χ0n) is 58.9. The van der Waals surface area contributed by atoms with E-state index in [0.29, 0.717) is 87.8 Å². The van der Waals surface area contributed by atoms with Crippen molar-refractivity contribution in [2.45, 2.75) is 206 Å². The van der Waals surface area contributed by atoms with Gasteiger partial charge >= 0.3 is 12.1 Å². The molecule has 2 aromatic carbocycles. The lowest BCUT2D eigenvalue weighted by Gasteiger charge is -2.41. The third-order valence-electron chi connectivity index (χ3n) is 19.7. The molecule has 0 unspecified atom stereocenters. The quantitative estimate of drug-likeness (QED) is 0.0272. The Hall–Kier alpha value is -8.85. The Morgan fingerprint density at radius 1 is 0.737 bits per heavy atom. The number of nitrogens with two attached hydrogens (primary N) is 1. The van der Waals surface area contributed by atoms with E-state index < -0.39 is 96.2 Å². The van der Waals surface area contributed by atoms with Gasteiger partial charge in [0.25, 0.3) is 11.8 Å². The molecule has 3 fully saturated rings. The fraction of sp³-hybridized carbons (Fsp3) is 0.597. The first-order chi connectivity index (χ1) is 47.3. The number of imide groups is 1. The second-order valence-electron chi connectivity index (χ2n) is 27.3. The summed E-state index contributed by atoms with van der Waals surface area (Å²) in [5.74, 6) is -4.94. The molecule has 8 N–H and O–H groups in total. The molecule has 4 heterocycles. The molecule has 0 spiro atoms. The van der Waals surface area contributed by atoms with Gasteiger partial charge in [0.05, 0.1) is 42.7 Å². The number of piperidine rings is 1. The molecule has 12 amide bonds. The third kappa shape index (κ3) is 21.1. The van der Waals surface area contributed by atoms with Gasteiger partial charge in [0.15, 0.2) is 5.82 Å². The average Bonchev–Trinajstić information content (AvgIpc) is 1.62. The van der Waals surface area contributed by atoms with E-state index in [0.717, 1.165) is 10.5 Å². The molecular weight excluding hydrogens is 1270 g/mol. The molecule has 99 heavy (non-hydrogen) atoms. The van der Waals surface area contributed by atoms with E-state index in [4.69, 9.17) is 19.9 Å². The van der Waals surface area contributed by atoms with E-state index in [1.807, 2.05) is 58.0 Å². The minimum absolute atomic E-state index is 0.0745. The number of fused-ring (bicyclic) bond motifs is 2. The molecule has 1 aromatic heterocycles. The Morgan fingerprint density at radius 2 is 1.42 bits per heavy atom. The van der Waals surface area contributed by atoms with E-state index in [1.165, 1.54) is 24.2 Å². The van der Waals surface area contributed by atoms with Crippen molar-refractivity contribution in [3.05, 3.63) is 102 Å². The Labute approximate surface area is 581 Å². The van der Waals surface area contributed by atoms with Gasteiger partial charge in [-0.1, -0.05) is 104 Å². The number of carbonyl (C=O) groups excluding carboxylic acids is 11. The first kappa shape index (κ1) is 77.5. The highest BCUT2D eigenvalue weighted by Crippen LogP contribution is 2.43. The van der Waals surface area contributed by atoms with Crippen LogP contribution in [0, 0.1) is 29.6 Å². The summed E-state index contributed by atoms with van der Waals surface area (Å²) >= 11 is 0. The molecule has 3 aliphatic heterocycles. The zero-order valence-corrected chi connectivity index (χ0v) is 58.9. The summed E-state index contributed by atoms with van der Waals surface area (Å²) in [6.45, 7) is 13.6. The summed E-state index contributed by atoms with van der Waals surface area (Å²) in [6.07, 6.45) is 9.84. The van der Waals surface area contributed by atoms with Crippen molar-refractivity contribution in [1.82, 2.24) is 56.2 Å². The standard InChI is InChI=1S/C72H103N13O14/c1-11-45(6)62(55(97-9)41-59(89)83-38-19-24-54(83)64(98-10)46(7)66(90)79-53(65-74-35-20-36-75-65)39-47-21-14-12-15-22-47)82(8)70(94)61(44(4)5)81-69(93)63-49-28-31-51(40-49)85(63)72(96)99-42-48-26-29-50(30-27-48)77-67(91)52(23-18-34-76-71(73)95)78-68(92)60(43(2)3)80-56(86)25-16-13-17-37-84-57(87)32-33-58(84)88/h12,14-15,20-22,26-27,29-30,32-33,35-36,43-46,49,51-55,60-64H,11,13,16-19,23-25,28,31,34,37-42H2,1-10H3,(H,77,91)(H,78,92)(H,79,90)(H,80,86)(H,81,93)(H3,73,76,95)/t45-,46+,49-,51+,52-,53-,54-,55+,60-,61-,62-,63-,64+/m0/s1. The van der Waals surface area contributed by atoms with Crippen LogP contribution in [0.4, 0.5) is 15.3 Å². The van der Waals surface area contributed by atoms with Crippen molar-refractivity contribution >= 4 is 71.0 Å². The Bertz CT molecular complexity index is 3270. The summed E-state index contributed by atoms with van der Waals surface area (Å²) < 4.78 is 18.1. The Kier molecular flexibility index (Phi) is 29.3. The van der Waals surface area contributed by atoms with Gasteiger partial charge in [0, 0.05) is 83.6 Å². The number of methoxy groups -OCH3 is 2. The number of likely N-dealkylation sites (N-methyl/N-ethyl adjacent to an activating group) is 1. The number of rotatable bonds is 37. The number of nitrogens with one attached hydrogen (secondary N) is 6. The third-order valence-corrected chi connectivity index (χ3v) is 19.7. The molecule has 27 heteroatoms. The number of nitrogens with zero attached hydrogens (tertiary/aromatic N) is 6. The van der Waals surface area contributed by atoms with Crippen LogP contribution in [0.25, 0.3) is 0 Å². The van der Waals surface area contributed by atoms with Crippen LogP contribution in [-0.2, 0) is 70.4 Å². The van der Waals surface area contributed by atoms with Gasteiger partial charge < -0.3 is 61.6 Å². The number of primary amides is 1. The summed E-state index contributed by atoms with van der Waals surface area (Å²) in [6, 6.07) is 11.4. The normalized spacial score (nSPS) is 19.9. The van der Waals surface area contributed by atoms with Crippen LogP contribution in [0.5, 0.6) is 0 Å². The predicted molar refractivity (Wildman–Crippen MR) is 368 cm³/mol. The smallest absolute Gasteiger partial charge is 0.411 e. The predicted octanol–water partition coefficient (Wildman–Crippen LogP) is 5.63. The van der Waals surface area contributed by atoms with Crippen molar-refractivity contribution in [2.75, 3.05) is 46.2 Å². The van der Waals surface area contributed by atoms with Crippen molar-refractivity contribution in [2.24, 2.45) is 35.3 Å². The Balaban J connectivity index is 0.937. The van der Waals surface area contributed by atoms with Crippen LogP contribution in [0.15, 0.2) is 85.2 Å². The first-order valence-electron chi connectivity index (χ1n) is 34.9. The molecule has 4 aliphatic rings. The minimum Gasteiger partial charge on any atom is -0.445 e. The number of likely N-dealkylation sites (tertiary alicyclic amines) is 2. The van der Waals surface area contributed by atoms with Crippen LogP contribution in [-0.4, -0.2) is 190 Å². The molecule has 0 radical (unpaired) electrons. The highest BCUT2D eigenvalue weighted by atomic mass is 16.6. The van der Waals surface area contributed by atoms with Crippen molar-refractivity contribution in [3.63, 3.8) is 0 Å². The van der Waals surface area contributed by atoms with Crippen molar-refractivity contribution < 1.29 is 67.0 Å². The van der Waals surface area contributed by atoms with E-state index >= 15 is 0 Å². The van der Waals surface area contributed by atoms with Crippen LogP contribution in [0.3, 0.4) is 0 Å². The molecule has 27 nitrogen and oxygen atoms in total. The largest absolute Gasteiger partial charge is 0.445 e. The van der Waals surface area contributed by atoms with E-state index in [-0.39, 0.29) is 105 Å². The molecule has 3 aromatic rings. The topological polar surface area (TPSA) is 352 Å². The van der Waals surface area contributed by atoms with Gasteiger partial charge in [-0.05, 0) is 117 Å². The maximum Gasteiger partial charge on any atom is 0.411 e. The number of hydrogen-bond donors (Lipinski definition) is 7. The summed E-state index contributed by atoms with van der Waals surface area (Å²) in [5.41, 5.74) is 7.18. The lowest BCUT2D eigenvalue weighted by Crippen LogP contribution is -2.60. The Morgan fingerprint density at radius 3 is 2.06 bits per heavy atom. The number of unbranched alkanes of at least 4 members (excludes halogenated alkanes) is 2. The molecule has 1 aliphatic carbocycles. The van der Waals surface area contributed by atoms with Crippen LogP contribution < -0.4 is 37.6 Å². The van der Waals surface area contributed by atoms with E-state index in [9.17, 15) is 52.7 Å². The first-order valence-corrected chi connectivity index (χ1v) is 34.9. The fourth-order valence-electron chi connectivity index (χ4n) is 14.1. The highest BCUT2D eigenvalue weighted by molar-refractivity contribution is 6.12. The summed E-state index contributed by atoms with van der Waals surface area (Å²) in [7, 11) is 4.74. The van der Waals surface area contributed by atoms with Gasteiger partial charge in [-0.15, -0.1) is 0 Å².